The molecular formula is C28H34F3N3O3S. The number of thiophene rings is 1. The molecule has 1 aromatic heterocycles. The SMILES string of the molecule is CCCCCCN1CCN(Cc2cccc(NC(=O)c3cc4ccccc4s3)c2)CC1.O=C(O)C(F)(F)F. The van der Waals surface area contributed by atoms with Crippen LogP contribution in [-0.2, 0) is 11.3 Å². The number of alkyl halides is 3. The van der Waals surface area contributed by atoms with Crippen molar-refractivity contribution in [3.63, 3.8) is 0 Å². The number of nitrogens with zero attached hydrogens (tertiary/aromatic N) is 2. The van der Waals surface area contributed by atoms with E-state index in [0.717, 1.165) is 53.4 Å². The molecule has 3 aromatic rings. The fourth-order valence-corrected chi connectivity index (χ4v) is 5.18. The van der Waals surface area contributed by atoms with Crippen LogP contribution in [0.15, 0.2) is 54.6 Å². The van der Waals surface area contributed by atoms with Gasteiger partial charge in [-0.05, 0) is 48.2 Å². The predicted octanol–water partition coefficient (Wildman–Crippen LogP) is 6.48. The van der Waals surface area contributed by atoms with Gasteiger partial charge < -0.3 is 15.3 Å². The Morgan fingerprint density at radius 2 is 1.63 bits per heavy atom. The molecule has 0 spiro atoms. The van der Waals surface area contributed by atoms with Crippen LogP contribution in [0.3, 0.4) is 0 Å². The number of carbonyl (C=O) groups is 2. The average Bonchev–Trinajstić information content (AvgIpc) is 3.32. The van der Waals surface area contributed by atoms with Crippen LogP contribution < -0.4 is 5.32 Å². The maximum absolute atomic E-state index is 12.7. The van der Waals surface area contributed by atoms with E-state index in [1.165, 1.54) is 37.8 Å². The molecule has 2 aromatic carbocycles. The predicted molar refractivity (Wildman–Crippen MR) is 146 cm³/mol. The quantitative estimate of drug-likeness (QED) is 0.299. The summed E-state index contributed by atoms with van der Waals surface area (Å²) in [5, 5.41) is 11.3. The van der Waals surface area contributed by atoms with Gasteiger partial charge in [0.2, 0.25) is 0 Å². The van der Waals surface area contributed by atoms with Gasteiger partial charge >= 0.3 is 12.1 Å². The van der Waals surface area contributed by atoms with Crippen molar-refractivity contribution in [3.8, 4) is 0 Å². The Morgan fingerprint density at radius 1 is 0.947 bits per heavy atom. The van der Waals surface area contributed by atoms with E-state index in [1.54, 1.807) is 11.3 Å². The Labute approximate surface area is 225 Å². The minimum atomic E-state index is -5.08. The topological polar surface area (TPSA) is 72.9 Å². The van der Waals surface area contributed by atoms with Gasteiger partial charge in [0.25, 0.3) is 5.91 Å². The monoisotopic (exact) mass is 549 g/mol. The molecule has 0 unspecified atom stereocenters. The van der Waals surface area contributed by atoms with Crippen LogP contribution in [0.1, 0.15) is 47.8 Å². The number of halogens is 3. The van der Waals surface area contributed by atoms with E-state index in [1.807, 2.05) is 36.4 Å². The molecule has 1 fully saturated rings. The molecule has 1 aliphatic heterocycles. The molecular weight excluding hydrogens is 515 g/mol. The lowest BCUT2D eigenvalue weighted by molar-refractivity contribution is -0.192. The highest BCUT2D eigenvalue weighted by molar-refractivity contribution is 7.20. The summed E-state index contributed by atoms with van der Waals surface area (Å²) in [6, 6.07) is 18.4. The minimum Gasteiger partial charge on any atom is -0.475 e. The van der Waals surface area contributed by atoms with Gasteiger partial charge in [0, 0.05) is 43.1 Å². The zero-order valence-electron chi connectivity index (χ0n) is 21.5. The number of unbranched alkanes of at least 4 members (excludes halogenated alkanes) is 3. The molecule has 1 aliphatic rings. The van der Waals surface area contributed by atoms with E-state index in [4.69, 9.17) is 9.90 Å². The molecule has 0 bridgehead atoms. The maximum Gasteiger partial charge on any atom is 0.490 e. The number of carbonyl (C=O) groups excluding carboxylic acids is 1. The summed E-state index contributed by atoms with van der Waals surface area (Å²) < 4.78 is 32.9. The molecule has 2 heterocycles. The Hall–Kier alpha value is -2.95. The standard InChI is InChI=1S/C26H33N3OS.C2HF3O2/c1-2-3-4-7-13-28-14-16-29(17-15-28)20-21-9-8-11-23(18-21)27-26(30)25-19-22-10-5-6-12-24(22)31-25;3-2(4,5)1(6)7/h5-6,8-12,18-19H,2-4,7,13-17,20H2,1H3,(H,27,30);(H,6,7). The summed E-state index contributed by atoms with van der Waals surface area (Å²) in [7, 11) is 0. The molecule has 38 heavy (non-hydrogen) atoms. The summed E-state index contributed by atoms with van der Waals surface area (Å²) in [6.07, 6.45) is 0.263. The lowest BCUT2D eigenvalue weighted by atomic mass is 10.1. The maximum atomic E-state index is 12.7. The van der Waals surface area contributed by atoms with Crippen LogP contribution in [0.25, 0.3) is 10.1 Å². The number of anilines is 1. The second-order valence-electron chi connectivity index (χ2n) is 9.28. The van der Waals surface area contributed by atoms with Crippen LogP contribution in [0.5, 0.6) is 0 Å². The van der Waals surface area contributed by atoms with Crippen molar-refractivity contribution in [2.45, 2.75) is 45.3 Å². The van der Waals surface area contributed by atoms with Crippen molar-refractivity contribution in [1.29, 1.82) is 0 Å². The molecule has 1 saturated heterocycles. The summed E-state index contributed by atoms with van der Waals surface area (Å²) in [6.45, 7) is 9.01. The number of carboxylic acids is 1. The fourth-order valence-electron chi connectivity index (χ4n) is 4.23. The van der Waals surface area contributed by atoms with E-state index in [-0.39, 0.29) is 5.91 Å². The van der Waals surface area contributed by atoms with E-state index < -0.39 is 12.1 Å². The first kappa shape index (κ1) is 29.6. The fraction of sp³-hybridized carbons (Fsp3) is 0.429. The number of aliphatic carboxylic acids is 1. The minimum absolute atomic E-state index is 0.0324. The van der Waals surface area contributed by atoms with Gasteiger partial charge in [-0.3, -0.25) is 9.69 Å². The highest BCUT2D eigenvalue weighted by Crippen LogP contribution is 2.26. The van der Waals surface area contributed by atoms with Gasteiger partial charge in [0.15, 0.2) is 0 Å². The summed E-state index contributed by atoms with van der Waals surface area (Å²) in [5.74, 6) is -2.79. The normalized spacial score (nSPS) is 14.6. The highest BCUT2D eigenvalue weighted by Gasteiger charge is 2.38. The second-order valence-corrected chi connectivity index (χ2v) is 10.4. The third-order valence-corrected chi connectivity index (χ3v) is 7.39. The van der Waals surface area contributed by atoms with Gasteiger partial charge in [0.05, 0.1) is 4.88 Å². The number of rotatable bonds is 9. The molecule has 10 heteroatoms. The van der Waals surface area contributed by atoms with Gasteiger partial charge in [-0.2, -0.15) is 13.2 Å². The van der Waals surface area contributed by atoms with Gasteiger partial charge in [0.1, 0.15) is 0 Å². The first-order chi connectivity index (χ1) is 18.2. The lowest BCUT2D eigenvalue weighted by Crippen LogP contribution is -2.46. The number of amides is 1. The third kappa shape index (κ3) is 9.41. The first-order valence-electron chi connectivity index (χ1n) is 12.8. The summed E-state index contributed by atoms with van der Waals surface area (Å²) >= 11 is 1.54. The molecule has 6 nitrogen and oxygen atoms in total. The second kappa shape index (κ2) is 14.3. The average molecular weight is 550 g/mol. The van der Waals surface area contributed by atoms with E-state index in [2.05, 4.69) is 40.2 Å². The molecule has 0 aliphatic carbocycles. The van der Waals surface area contributed by atoms with Crippen LogP contribution in [0.4, 0.5) is 18.9 Å². The van der Waals surface area contributed by atoms with Crippen LogP contribution in [0, 0.1) is 0 Å². The largest absolute Gasteiger partial charge is 0.490 e. The zero-order chi connectivity index (χ0) is 27.5. The number of fused-ring (bicyclic) bond motifs is 1. The summed E-state index contributed by atoms with van der Waals surface area (Å²) in [4.78, 5) is 27.5. The van der Waals surface area contributed by atoms with E-state index >= 15 is 0 Å². The van der Waals surface area contributed by atoms with Gasteiger partial charge in [-0.25, -0.2) is 4.79 Å². The molecule has 2 N–H and O–H groups in total. The van der Waals surface area contributed by atoms with Crippen LogP contribution >= 0.6 is 11.3 Å². The number of hydrogen-bond acceptors (Lipinski definition) is 5. The number of carboxylic acid groups (broad SMARTS) is 1. The van der Waals surface area contributed by atoms with Gasteiger partial charge in [-0.1, -0.05) is 56.5 Å². The number of piperazine rings is 1. The van der Waals surface area contributed by atoms with Crippen molar-refractivity contribution in [3.05, 3.63) is 65.0 Å². The smallest absolute Gasteiger partial charge is 0.475 e. The van der Waals surface area contributed by atoms with E-state index in [0.29, 0.717) is 0 Å². The zero-order valence-corrected chi connectivity index (χ0v) is 22.3. The lowest BCUT2D eigenvalue weighted by Gasteiger charge is -2.34. The van der Waals surface area contributed by atoms with Crippen molar-refractivity contribution in [1.82, 2.24) is 9.80 Å². The number of hydrogen-bond donors (Lipinski definition) is 2. The Morgan fingerprint density at radius 3 is 2.29 bits per heavy atom. The van der Waals surface area contributed by atoms with Crippen molar-refractivity contribution < 1.29 is 27.9 Å². The van der Waals surface area contributed by atoms with Gasteiger partial charge in [-0.15, -0.1) is 11.3 Å². The summed E-state index contributed by atoms with van der Waals surface area (Å²) in [5.41, 5.74) is 2.13. The number of nitrogens with one attached hydrogen (secondary N) is 1. The molecule has 0 saturated carbocycles. The third-order valence-electron chi connectivity index (χ3n) is 6.28. The Kier molecular flexibility index (Phi) is 11.1. The highest BCUT2D eigenvalue weighted by atomic mass is 32.1. The molecule has 0 radical (unpaired) electrons. The van der Waals surface area contributed by atoms with Crippen LogP contribution in [-0.4, -0.2) is 65.7 Å². The van der Waals surface area contributed by atoms with E-state index in [9.17, 15) is 18.0 Å². The van der Waals surface area contributed by atoms with Crippen molar-refractivity contribution in [2.75, 3.05) is 38.0 Å². The van der Waals surface area contributed by atoms with Crippen molar-refractivity contribution in [2.24, 2.45) is 0 Å². The first-order valence-corrected chi connectivity index (χ1v) is 13.6. The molecule has 0 atom stereocenters. The Bertz CT molecular complexity index is 1160. The molecule has 1 amide bonds. The Balaban J connectivity index is 0.000000505. The molecule has 206 valence electrons. The van der Waals surface area contributed by atoms with Crippen LogP contribution in [0.2, 0.25) is 0 Å². The number of benzene rings is 2. The molecule has 4 rings (SSSR count). The van der Waals surface area contributed by atoms with Crippen molar-refractivity contribution >= 4 is 39.0 Å².